The van der Waals surface area contributed by atoms with Gasteiger partial charge in [0.25, 0.3) is 0 Å². The molecule has 2 aromatic rings. The third kappa shape index (κ3) is 1.92. The SMILES string of the molecule is C#CC1(CO)O[C@@H](n2cnc3c(N)nc(F)nc32)C[C@H]1O. The smallest absolute Gasteiger partial charge is 0.312 e. The highest BCUT2D eigenvalue weighted by Gasteiger charge is 2.47. The van der Waals surface area contributed by atoms with E-state index in [1.807, 2.05) is 0 Å². The number of aromatic nitrogens is 4. The fraction of sp³-hybridized carbons (Fsp3) is 0.417. The first-order valence-electron chi connectivity index (χ1n) is 6.11. The molecule has 1 saturated heterocycles. The van der Waals surface area contributed by atoms with Crippen LogP contribution in [-0.4, -0.2) is 48.0 Å². The van der Waals surface area contributed by atoms with E-state index in [0.29, 0.717) is 0 Å². The van der Waals surface area contributed by atoms with Crippen LogP contribution in [0.25, 0.3) is 11.2 Å². The molecular weight excluding hydrogens is 281 g/mol. The van der Waals surface area contributed by atoms with Gasteiger partial charge in [0, 0.05) is 6.42 Å². The molecule has 3 heterocycles. The Labute approximate surface area is 118 Å². The Morgan fingerprint density at radius 3 is 3.00 bits per heavy atom. The van der Waals surface area contributed by atoms with Gasteiger partial charge in [-0.15, -0.1) is 6.42 Å². The van der Waals surface area contributed by atoms with Crippen molar-refractivity contribution in [2.24, 2.45) is 0 Å². The molecule has 110 valence electrons. The van der Waals surface area contributed by atoms with Gasteiger partial charge in [0.15, 0.2) is 22.6 Å². The van der Waals surface area contributed by atoms with E-state index < -0.39 is 30.6 Å². The van der Waals surface area contributed by atoms with E-state index in [2.05, 4.69) is 20.9 Å². The predicted molar refractivity (Wildman–Crippen MR) is 69.1 cm³/mol. The number of aliphatic hydroxyl groups is 2. The molecule has 2 aromatic heterocycles. The van der Waals surface area contributed by atoms with E-state index in [1.54, 1.807) is 0 Å². The molecule has 21 heavy (non-hydrogen) atoms. The summed E-state index contributed by atoms with van der Waals surface area (Å²) in [7, 11) is 0. The number of halogens is 1. The minimum absolute atomic E-state index is 0.0971. The molecule has 0 saturated carbocycles. The van der Waals surface area contributed by atoms with Crippen LogP contribution < -0.4 is 5.73 Å². The van der Waals surface area contributed by atoms with E-state index in [9.17, 15) is 14.6 Å². The van der Waals surface area contributed by atoms with Crippen LogP contribution in [0.5, 0.6) is 0 Å². The highest BCUT2D eigenvalue weighted by Crippen LogP contribution is 2.37. The van der Waals surface area contributed by atoms with Crippen molar-refractivity contribution in [3.63, 3.8) is 0 Å². The summed E-state index contributed by atoms with van der Waals surface area (Å²) in [5.41, 5.74) is 4.42. The number of aliphatic hydroxyl groups excluding tert-OH is 2. The molecule has 0 spiro atoms. The zero-order valence-corrected chi connectivity index (χ0v) is 10.8. The lowest BCUT2D eigenvalue weighted by atomic mass is 9.99. The van der Waals surface area contributed by atoms with Crippen molar-refractivity contribution >= 4 is 17.0 Å². The molecule has 0 bridgehead atoms. The number of fused-ring (bicyclic) bond motifs is 1. The standard InChI is InChI=1S/C12H12FN5O3/c1-2-12(4-19)6(20)3-7(21-12)18-5-15-8-9(14)16-11(13)17-10(8)18/h1,5-7,19-20H,3-4H2,(H2,14,16,17)/t6-,7-,12?/m1/s1. The van der Waals surface area contributed by atoms with Gasteiger partial charge in [-0.25, -0.2) is 4.98 Å². The van der Waals surface area contributed by atoms with Crippen molar-refractivity contribution in [1.82, 2.24) is 19.5 Å². The van der Waals surface area contributed by atoms with Crippen molar-refractivity contribution in [1.29, 1.82) is 0 Å². The minimum atomic E-state index is -1.50. The Balaban J connectivity index is 2.05. The molecule has 3 atom stereocenters. The van der Waals surface area contributed by atoms with Crippen LogP contribution in [0.2, 0.25) is 0 Å². The maximum Gasteiger partial charge on any atom is 0.312 e. The molecular formula is C12H12FN5O3. The van der Waals surface area contributed by atoms with Crippen molar-refractivity contribution in [2.45, 2.75) is 24.4 Å². The Bertz CT molecular complexity index is 742. The number of terminal acetylenes is 1. The van der Waals surface area contributed by atoms with Gasteiger partial charge >= 0.3 is 6.08 Å². The maximum absolute atomic E-state index is 13.3. The van der Waals surface area contributed by atoms with Gasteiger partial charge in [0.2, 0.25) is 0 Å². The van der Waals surface area contributed by atoms with E-state index >= 15 is 0 Å². The second kappa shape index (κ2) is 4.63. The number of nitrogen functional groups attached to an aromatic ring is 1. The van der Waals surface area contributed by atoms with E-state index in [-0.39, 0.29) is 23.4 Å². The summed E-state index contributed by atoms with van der Waals surface area (Å²) in [6.45, 7) is -0.542. The molecule has 0 amide bonds. The number of nitrogens with two attached hydrogens (primary N) is 1. The molecule has 1 fully saturated rings. The van der Waals surface area contributed by atoms with Gasteiger partial charge in [-0.3, -0.25) is 4.57 Å². The van der Waals surface area contributed by atoms with Crippen LogP contribution in [0.4, 0.5) is 10.2 Å². The minimum Gasteiger partial charge on any atom is -0.392 e. The summed E-state index contributed by atoms with van der Waals surface area (Å²) in [6.07, 6.45) is 3.95. The van der Waals surface area contributed by atoms with E-state index in [0.717, 1.165) is 0 Å². The number of ether oxygens (including phenoxy) is 1. The highest BCUT2D eigenvalue weighted by molar-refractivity contribution is 5.81. The normalized spacial score (nSPS) is 28.9. The van der Waals surface area contributed by atoms with Crippen LogP contribution in [0, 0.1) is 18.4 Å². The number of anilines is 1. The summed E-state index contributed by atoms with van der Waals surface area (Å²) in [6, 6.07) is 0. The molecule has 9 heteroatoms. The third-order valence-electron chi connectivity index (χ3n) is 3.52. The van der Waals surface area contributed by atoms with Gasteiger partial charge in [0.05, 0.1) is 12.9 Å². The van der Waals surface area contributed by atoms with Crippen molar-refractivity contribution in [2.75, 3.05) is 12.3 Å². The van der Waals surface area contributed by atoms with Crippen molar-refractivity contribution in [3.8, 4) is 12.3 Å². The Hall–Kier alpha value is -2.28. The van der Waals surface area contributed by atoms with Crippen LogP contribution in [0.3, 0.4) is 0 Å². The average Bonchev–Trinajstić information content (AvgIpc) is 3.00. The van der Waals surface area contributed by atoms with Gasteiger partial charge in [0.1, 0.15) is 12.3 Å². The molecule has 1 unspecified atom stereocenters. The largest absolute Gasteiger partial charge is 0.392 e. The topological polar surface area (TPSA) is 119 Å². The second-order valence-corrected chi connectivity index (χ2v) is 4.72. The maximum atomic E-state index is 13.3. The van der Waals surface area contributed by atoms with Gasteiger partial charge in [-0.05, 0) is 0 Å². The zero-order valence-electron chi connectivity index (χ0n) is 10.8. The first-order valence-corrected chi connectivity index (χ1v) is 6.11. The summed E-state index contributed by atoms with van der Waals surface area (Å²) < 4.78 is 20.2. The zero-order chi connectivity index (χ0) is 15.2. The molecule has 1 aliphatic heterocycles. The fourth-order valence-electron chi connectivity index (χ4n) is 2.36. The number of rotatable bonds is 2. The van der Waals surface area contributed by atoms with Crippen LogP contribution in [-0.2, 0) is 4.74 Å². The lowest BCUT2D eigenvalue weighted by Gasteiger charge is -2.23. The van der Waals surface area contributed by atoms with Gasteiger partial charge in [-0.2, -0.15) is 14.4 Å². The average molecular weight is 293 g/mol. The number of imidazole rings is 1. The molecule has 1 aliphatic rings. The van der Waals surface area contributed by atoms with Gasteiger partial charge < -0.3 is 20.7 Å². The summed E-state index contributed by atoms with van der Waals surface area (Å²) in [5.74, 6) is 2.16. The summed E-state index contributed by atoms with van der Waals surface area (Å²) in [5, 5.41) is 19.3. The van der Waals surface area contributed by atoms with Crippen molar-refractivity contribution < 1.29 is 19.3 Å². The second-order valence-electron chi connectivity index (χ2n) is 4.72. The first-order chi connectivity index (χ1) is 10.0. The van der Waals surface area contributed by atoms with Crippen molar-refractivity contribution in [3.05, 3.63) is 12.4 Å². The third-order valence-corrected chi connectivity index (χ3v) is 3.52. The van der Waals surface area contributed by atoms with Crippen LogP contribution >= 0.6 is 0 Å². The monoisotopic (exact) mass is 293 g/mol. The highest BCUT2D eigenvalue weighted by atomic mass is 19.1. The van der Waals surface area contributed by atoms with Crippen LogP contribution in [0.1, 0.15) is 12.6 Å². The Kier molecular flexibility index (Phi) is 3.02. The number of nitrogens with zero attached hydrogens (tertiary/aromatic N) is 4. The van der Waals surface area contributed by atoms with E-state index in [1.165, 1.54) is 10.9 Å². The summed E-state index contributed by atoms with van der Waals surface area (Å²) >= 11 is 0. The molecule has 3 rings (SSSR count). The Morgan fingerprint density at radius 2 is 2.38 bits per heavy atom. The number of hydrogen-bond acceptors (Lipinski definition) is 7. The molecule has 0 radical (unpaired) electrons. The summed E-state index contributed by atoms with van der Waals surface area (Å²) in [4.78, 5) is 11.0. The number of hydrogen-bond donors (Lipinski definition) is 3. The lowest BCUT2D eigenvalue weighted by molar-refractivity contribution is -0.0891. The van der Waals surface area contributed by atoms with Gasteiger partial charge in [-0.1, -0.05) is 5.92 Å². The first kappa shape index (κ1) is 13.7. The lowest BCUT2D eigenvalue weighted by Crippen LogP contribution is -2.41. The molecule has 0 aliphatic carbocycles. The predicted octanol–water partition coefficient (Wildman–Crippen LogP) is -0.808. The molecule has 0 aromatic carbocycles. The van der Waals surface area contributed by atoms with Crippen LogP contribution in [0.15, 0.2) is 6.33 Å². The Morgan fingerprint density at radius 1 is 1.62 bits per heavy atom. The molecule has 4 N–H and O–H groups in total. The molecule has 8 nitrogen and oxygen atoms in total. The quantitative estimate of drug-likeness (QED) is 0.489. The van der Waals surface area contributed by atoms with E-state index in [4.69, 9.17) is 16.9 Å². The fourth-order valence-corrected chi connectivity index (χ4v) is 2.36.